The minimum Gasteiger partial charge on any atom is -0.368 e. The van der Waals surface area contributed by atoms with Gasteiger partial charge >= 0.3 is 0 Å². The van der Waals surface area contributed by atoms with Crippen LogP contribution in [0.5, 0.6) is 0 Å². The van der Waals surface area contributed by atoms with Gasteiger partial charge in [-0.2, -0.15) is 0 Å². The number of allylic oxidation sites excluding steroid dienone is 1. The number of nitrogens with zero attached hydrogens (tertiary/aromatic N) is 1. The zero-order valence-corrected chi connectivity index (χ0v) is 8.48. The molecule has 1 rings (SSSR count). The first-order valence-corrected chi connectivity index (χ1v) is 4.92. The summed E-state index contributed by atoms with van der Waals surface area (Å²) in [6, 6.07) is 0. The summed E-state index contributed by atoms with van der Waals surface area (Å²) >= 11 is 5.07. The highest BCUT2D eigenvalue weighted by Crippen LogP contribution is 2.35. The third-order valence-corrected chi connectivity index (χ3v) is 3.26. The Bertz CT molecular complexity index is 207. The second-order valence-electron chi connectivity index (χ2n) is 2.29. The molecule has 1 heterocycles. The lowest BCUT2D eigenvalue weighted by molar-refractivity contribution is -0.118. The van der Waals surface area contributed by atoms with E-state index in [1.165, 1.54) is 4.91 Å². The van der Waals surface area contributed by atoms with Crippen LogP contribution in [0.1, 0.15) is 6.92 Å². The van der Waals surface area contributed by atoms with Crippen LogP contribution >= 0.6 is 27.7 Å². The van der Waals surface area contributed by atoms with E-state index in [0.29, 0.717) is 0 Å². The molecule has 2 N–H and O–H groups in total. The van der Waals surface area contributed by atoms with Gasteiger partial charge < -0.3 is 10.6 Å². The van der Waals surface area contributed by atoms with Gasteiger partial charge in [0, 0.05) is 11.1 Å². The summed E-state index contributed by atoms with van der Waals surface area (Å²) in [5.41, 5.74) is 5.04. The number of carbonyl (C=O) groups excluding carboxylic acids is 1. The van der Waals surface area contributed by atoms with Crippen LogP contribution in [-0.4, -0.2) is 21.6 Å². The van der Waals surface area contributed by atoms with E-state index in [4.69, 9.17) is 5.73 Å². The van der Waals surface area contributed by atoms with Crippen molar-refractivity contribution in [3.8, 4) is 0 Å². The minimum absolute atomic E-state index is 0.162. The predicted molar refractivity (Wildman–Crippen MR) is 50.0 cm³/mol. The van der Waals surface area contributed by atoms with Crippen molar-refractivity contribution in [2.75, 3.05) is 6.54 Å². The molecule has 0 aromatic carbocycles. The fraction of sp³-hybridized carbons (Fsp3) is 0.500. The fourth-order valence-corrected chi connectivity index (χ4v) is 2.76. The van der Waals surface area contributed by atoms with Crippen LogP contribution in [0.15, 0.2) is 11.1 Å². The van der Waals surface area contributed by atoms with Crippen molar-refractivity contribution in [1.29, 1.82) is 0 Å². The summed E-state index contributed by atoms with van der Waals surface area (Å²) in [5, 5.41) is 0. The van der Waals surface area contributed by atoms with Crippen LogP contribution in [0.3, 0.4) is 0 Å². The lowest BCUT2D eigenvalue weighted by atomic mass is 10.5. The van der Waals surface area contributed by atoms with E-state index < -0.39 is 0 Å². The molecule has 1 aliphatic heterocycles. The van der Waals surface area contributed by atoms with Gasteiger partial charge in [-0.1, -0.05) is 27.7 Å². The molecule has 3 nitrogen and oxygen atoms in total. The molecule has 0 aromatic heterocycles. The zero-order chi connectivity index (χ0) is 8.43. The number of amides is 1. The largest absolute Gasteiger partial charge is 0.368 e. The Kier molecular flexibility index (Phi) is 2.84. The Morgan fingerprint density at radius 1 is 2.00 bits per heavy atom. The lowest BCUT2D eigenvalue weighted by Gasteiger charge is -2.16. The van der Waals surface area contributed by atoms with Gasteiger partial charge in [0.25, 0.3) is 0 Å². The van der Waals surface area contributed by atoms with Crippen molar-refractivity contribution >= 4 is 33.6 Å². The first kappa shape index (κ1) is 8.93. The molecule has 0 aromatic rings. The van der Waals surface area contributed by atoms with Gasteiger partial charge in [0.05, 0.1) is 6.54 Å². The van der Waals surface area contributed by atoms with E-state index in [2.05, 4.69) is 15.9 Å². The van der Waals surface area contributed by atoms with Crippen LogP contribution < -0.4 is 5.73 Å². The van der Waals surface area contributed by atoms with Crippen LogP contribution in [0.25, 0.3) is 0 Å². The normalized spacial score (nSPS) is 23.6. The molecule has 1 atom stereocenters. The van der Waals surface area contributed by atoms with Crippen molar-refractivity contribution in [2.24, 2.45) is 5.73 Å². The second-order valence-corrected chi connectivity index (χ2v) is 5.09. The molecule has 0 aliphatic carbocycles. The Morgan fingerprint density at radius 3 is 3.00 bits per heavy atom. The Hall–Kier alpha value is -0.160. The summed E-state index contributed by atoms with van der Waals surface area (Å²) in [4.78, 5) is 13.6. The van der Waals surface area contributed by atoms with E-state index in [0.717, 1.165) is 0 Å². The fourth-order valence-electron chi connectivity index (χ4n) is 0.841. The third kappa shape index (κ3) is 2.41. The number of thioether (sulfide) groups is 1. The molecule has 0 saturated heterocycles. The van der Waals surface area contributed by atoms with Gasteiger partial charge in [-0.25, -0.2) is 0 Å². The molecule has 0 radical (unpaired) electrons. The number of primary amides is 1. The summed E-state index contributed by atoms with van der Waals surface area (Å²) in [7, 11) is 0. The number of alkyl halides is 1. The molecule has 0 saturated carbocycles. The number of hydrogen-bond acceptors (Lipinski definition) is 3. The van der Waals surface area contributed by atoms with Crippen LogP contribution in [0.2, 0.25) is 0 Å². The van der Waals surface area contributed by atoms with Gasteiger partial charge in [-0.15, -0.1) is 0 Å². The molecule has 1 aliphatic rings. The molecule has 62 valence electrons. The summed E-state index contributed by atoms with van der Waals surface area (Å²) in [5.74, 6) is -0.305. The van der Waals surface area contributed by atoms with E-state index >= 15 is 0 Å². The standard InChI is InChI=1S/C6H9BrN2OS/c1-4-2-9(3-5(8)10)6(7)11-4/h2,6H,3H2,1H3,(H2,8,10). The first-order chi connectivity index (χ1) is 5.09. The van der Waals surface area contributed by atoms with Gasteiger partial charge in [0.15, 0.2) is 0 Å². The zero-order valence-electron chi connectivity index (χ0n) is 6.08. The average molecular weight is 237 g/mol. The van der Waals surface area contributed by atoms with E-state index in [1.807, 2.05) is 18.0 Å². The Balaban J connectivity index is 2.52. The van der Waals surface area contributed by atoms with Gasteiger partial charge in [0.1, 0.15) is 4.28 Å². The highest BCUT2D eigenvalue weighted by atomic mass is 79.9. The first-order valence-electron chi connectivity index (χ1n) is 3.13. The van der Waals surface area contributed by atoms with E-state index in [-0.39, 0.29) is 16.7 Å². The highest BCUT2D eigenvalue weighted by molar-refractivity contribution is 9.11. The van der Waals surface area contributed by atoms with Crippen LogP contribution in [0, 0.1) is 0 Å². The van der Waals surface area contributed by atoms with Crippen molar-refractivity contribution in [1.82, 2.24) is 4.90 Å². The number of carbonyl (C=O) groups is 1. The summed E-state index contributed by atoms with van der Waals surface area (Å²) in [6.45, 7) is 2.28. The van der Waals surface area contributed by atoms with Gasteiger partial charge in [0.2, 0.25) is 5.91 Å². The lowest BCUT2D eigenvalue weighted by Crippen LogP contribution is -2.31. The smallest absolute Gasteiger partial charge is 0.236 e. The molecule has 5 heteroatoms. The number of nitrogens with two attached hydrogens (primary N) is 1. The average Bonchev–Trinajstić information content (AvgIpc) is 2.09. The molecule has 1 unspecified atom stereocenters. The maximum atomic E-state index is 10.5. The molecule has 0 fully saturated rings. The number of halogens is 1. The Morgan fingerprint density at radius 2 is 2.64 bits per heavy atom. The SMILES string of the molecule is CC1=CN(CC(N)=O)C(Br)S1. The number of rotatable bonds is 2. The highest BCUT2D eigenvalue weighted by Gasteiger charge is 2.21. The summed E-state index contributed by atoms with van der Waals surface area (Å²) < 4.78 is 0.162. The topological polar surface area (TPSA) is 46.3 Å². The molecular formula is C6H9BrN2OS. The quantitative estimate of drug-likeness (QED) is 0.577. The summed E-state index contributed by atoms with van der Waals surface area (Å²) in [6.07, 6.45) is 1.93. The van der Waals surface area contributed by atoms with Crippen LogP contribution in [0.4, 0.5) is 0 Å². The van der Waals surface area contributed by atoms with Crippen molar-refractivity contribution in [3.05, 3.63) is 11.1 Å². The minimum atomic E-state index is -0.305. The van der Waals surface area contributed by atoms with Crippen molar-refractivity contribution in [2.45, 2.75) is 11.2 Å². The molecule has 11 heavy (non-hydrogen) atoms. The van der Waals surface area contributed by atoms with Crippen LogP contribution in [-0.2, 0) is 4.79 Å². The third-order valence-electron chi connectivity index (χ3n) is 1.23. The van der Waals surface area contributed by atoms with E-state index in [9.17, 15) is 4.79 Å². The molecule has 0 bridgehead atoms. The van der Waals surface area contributed by atoms with E-state index in [1.54, 1.807) is 11.8 Å². The van der Waals surface area contributed by atoms with Gasteiger partial charge in [-0.3, -0.25) is 4.79 Å². The second kappa shape index (κ2) is 3.49. The maximum absolute atomic E-state index is 10.5. The monoisotopic (exact) mass is 236 g/mol. The van der Waals surface area contributed by atoms with Crippen molar-refractivity contribution in [3.63, 3.8) is 0 Å². The predicted octanol–water partition coefficient (Wildman–Crippen LogP) is 1.06. The number of hydrogen-bond donors (Lipinski definition) is 1. The molecular weight excluding hydrogens is 228 g/mol. The molecule has 0 spiro atoms. The Labute approximate surface area is 78.1 Å². The van der Waals surface area contributed by atoms with Crippen molar-refractivity contribution < 1.29 is 4.79 Å². The maximum Gasteiger partial charge on any atom is 0.236 e. The molecule has 1 amide bonds. The van der Waals surface area contributed by atoms with Gasteiger partial charge in [-0.05, 0) is 6.92 Å².